The first-order valence-corrected chi connectivity index (χ1v) is 1.93. The Hall–Kier alpha value is -0.308. The third-order valence-electron chi connectivity index (χ3n) is 0. The van der Waals surface area contributed by atoms with E-state index in [1.54, 1.807) is 6.07 Å². The maximum Gasteiger partial charge on any atom is 0.126 e. The average Bonchev–Trinajstić information content (AvgIpc) is 1.33. The zero-order valence-corrected chi connectivity index (χ0v) is 6.54. The van der Waals surface area contributed by atoms with E-state index >= 15 is 0 Å². The van der Waals surface area contributed by atoms with Crippen LogP contribution in [-0.4, -0.2) is 5.78 Å². The smallest absolute Gasteiger partial charge is 0.126 e. The molecule has 0 atom stereocenters. The molecule has 0 fully saturated rings. The summed E-state index contributed by atoms with van der Waals surface area (Å²) < 4.78 is 0. The third kappa shape index (κ3) is 1330. The number of hydrogen-bond donors (Lipinski definition) is 0. The van der Waals surface area contributed by atoms with Crippen LogP contribution in [0.1, 0.15) is 20.8 Å². The van der Waals surface area contributed by atoms with Gasteiger partial charge in [-0.25, -0.2) is 0 Å². The Kier molecular flexibility index (Phi) is 31.1. The SMILES string of the molecule is CC#N.CC(C)=O.[Cr]. The maximum absolute atomic E-state index is 9.44. The Bertz CT molecular complexity index is 80.9. The van der Waals surface area contributed by atoms with Gasteiger partial charge in [0.25, 0.3) is 0 Å². The second-order valence-corrected chi connectivity index (χ2v) is 1.13. The quantitative estimate of drug-likeness (QED) is 0.520. The molecule has 0 saturated carbocycles. The summed E-state index contributed by atoms with van der Waals surface area (Å²) >= 11 is 0. The van der Waals surface area contributed by atoms with E-state index in [2.05, 4.69) is 0 Å². The summed E-state index contributed by atoms with van der Waals surface area (Å²) in [5.41, 5.74) is 0. The first kappa shape index (κ1) is 15.6. The molecule has 0 heterocycles. The van der Waals surface area contributed by atoms with Crippen molar-refractivity contribution in [3.05, 3.63) is 0 Å². The number of Topliss-reactive ketones (excluding diaryl/α,β-unsaturated/α-hetero) is 1. The van der Waals surface area contributed by atoms with Crippen LogP contribution in [0.3, 0.4) is 0 Å². The molecule has 2 nitrogen and oxygen atoms in total. The van der Waals surface area contributed by atoms with Gasteiger partial charge in [-0.3, -0.25) is 0 Å². The Morgan fingerprint density at radius 3 is 1.50 bits per heavy atom. The van der Waals surface area contributed by atoms with Gasteiger partial charge in [0.2, 0.25) is 0 Å². The zero-order chi connectivity index (χ0) is 6.28. The van der Waals surface area contributed by atoms with Gasteiger partial charge in [-0.2, -0.15) is 5.26 Å². The van der Waals surface area contributed by atoms with E-state index in [4.69, 9.17) is 5.26 Å². The van der Waals surface area contributed by atoms with Gasteiger partial charge < -0.3 is 4.79 Å². The number of nitriles is 1. The molecule has 8 heavy (non-hydrogen) atoms. The Morgan fingerprint density at radius 1 is 1.50 bits per heavy atom. The predicted molar refractivity (Wildman–Crippen MR) is 27.6 cm³/mol. The van der Waals surface area contributed by atoms with Crippen LogP contribution in [0, 0.1) is 11.3 Å². The van der Waals surface area contributed by atoms with Crippen molar-refractivity contribution < 1.29 is 22.2 Å². The van der Waals surface area contributed by atoms with E-state index in [1.807, 2.05) is 0 Å². The van der Waals surface area contributed by atoms with Crippen molar-refractivity contribution in [1.82, 2.24) is 0 Å². The standard InChI is InChI=1S/C3H6O.C2H3N.Cr/c1-3(2)4;1-2-3;/h1-2H3;1H3;. The van der Waals surface area contributed by atoms with Crippen LogP contribution in [-0.2, 0) is 22.2 Å². The van der Waals surface area contributed by atoms with E-state index in [-0.39, 0.29) is 23.1 Å². The molecule has 0 aliphatic rings. The minimum Gasteiger partial charge on any atom is -0.300 e. The Balaban J connectivity index is -0.0000000575. The number of nitrogens with zero attached hydrogens (tertiary/aromatic N) is 1. The Morgan fingerprint density at radius 2 is 1.50 bits per heavy atom. The summed E-state index contributed by atoms with van der Waals surface area (Å²) in [6, 6.07) is 1.75. The first-order valence-electron chi connectivity index (χ1n) is 1.93. The van der Waals surface area contributed by atoms with Gasteiger partial charge in [0.1, 0.15) is 5.78 Å². The van der Waals surface area contributed by atoms with E-state index < -0.39 is 0 Å². The molecule has 46 valence electrons. The molecule has 0 aliphatic heterocycles. The van der Waals surface area contributed by atoms with Crippen molar-refractivity contribution in [2.75, 3.05) is 0 Å². The minimum atomic E-state index is 0. The second-order valence-electron chi connectivity index (χ2n) is 1.13. The van der Waals surface area contributed by atoms with E-state index in [0.29, 0.717) is 0 Å². The van der Waals surface area contributed by atoms with Gasteiger partial charge in [0.15, 0.2) is 0 Å². The number of ketones is 1. The van der Waals surface area contributed by atoms with Gasteiger partial charge in [0, 0.05) is 24.3 Å². The fourth-order valence-corrected chi connectivity index (χ4v) is 0. The van der Waals surface area contributed by atoms with Crippen LogP contribution in [0.2, 0.25) is 0 Å². The predicted octanol–water partition coefficient (Wildman–Crippen LogP) is 1.12. The normalized spacial score (nSPS) is 4.25. The second kappa shape index (κ2) is 15.9. The van der Waals surface area contributed by atoms with Crippen LogP contribution in [0.4, 0.5) is 0 Å². The van der Waals surface area contributed by atoms with Crippen LogP contribution >= 0.6 is 0 Å². The summed E-state index contributed by atoms with van der Waals surface area (Å²) in [6.07, 6.45) is 0. The topological polar surface area (TPSA) is 40.9 Å². The molecular formula is C5H9CrNO. The van der Waals surface area contributed by atoms with Gasteiger partial charge in [0.05, 0.1) is 6.07 Å². The van der Waals surface area contributed by atoms with E-state index in [1.165, 1.54) is 20.8 Å². The molecule has 0 rings (SSSR count). The summed E-state index contributed by atoms with van der Waals surface area (Å²) in [7, 11) is 0. The minimum absolute atomic E-state index is 0. The van der Waals surface area contributed by atoms with Crippen molar-refractivity contribution in [1.29, 1.82) is 5.26 Å². The molecule has 0 bridgehead atoms. The summed E-state index contributed by atoms with van der Waals surface area (Å²) in [4.78, 5) is 9.44. The van der Waals surface area contributed by atoms with E-state index in [9.17, 15) is 4.79 Å². The summed E-state index contributed by atoms with van der Waals surface area (Å²) in [5, 5.41) is 7.32. The largest absolute Gasteiger partial charge is 0.300 e. The summed E-state index contributed by atoms with van der Waals surface area (Å²) in [5.74, 6) is 0.167. The number of rotatable bonds is 0. The fraction of sp³-hybridized carbons (Fsp3) is 0.600. The van der Waals surface area contributed by atoms with Crippen molar-refractivity contribution >= 4 is 5.78 Å². The molecule has 0 unspecified atom stereocenters. The molecule has 0 aromatic heterocycles. The number of hydrogen-bond acceptors (Lipinski definition) is 2. The van der Waals surface area contributed by atoms with Crippen molar-refractivity contribution in [2.24, 2.45) is 0 Å². The molecule has 0 aromatic rings. The fourth-order valence-electron chi connectivity index (χ4n) is 0. The molecule has 0 amide bonds. The molecule has 0 spiro atoms. The van der Waals surface area contributed by atoms with Crippen LogP contribution in [0.5, 0.6) is 0 Å². The molecular weight excluding hydrogens is 142 g/mol. The Labute approximate surface area is 60.6 Å². The monoisotopic (exact) mass is 151 g/mol. The van der Waals surface area contributed by atoms with Gasteiger partial charge in [-0.1, -0.05) is 0 Å². The van der Waals surface area contributed by atoms with Crippen molar-refractivity contribution in [2.45, 2.75) is 20.8 Å². The average molecular weight is 151 g/mol. The molecule has 3 heteroatoms. The maximum atomic E-state index is 9.44. The van der Waals surface area contributed by atoms with Crippen LogP contribution in [0.25, 0.3) is 0 Å². The number of carbonyl (C=O) groups excluding carboxylic acids is 1. The van der Waals surface area contributed by atoms with Gasteiger partial charge >= 0.3 is 0 Å². The van der Waals surface area contributed by atoms with Gasteiger partial charge in [-0.15, -0.1) is 0 Å². The van der Waals surface area contributed by atoms with Crippen LogP contribution < -0.4 is 0 Å². The third-order valence-corrected chi connectivity index (χ3v) is 0. The van der Waals surface area contributed by atoms with Crippen molar-refractivity contribution in [3.63, 3.8) is 0 Å². The van der Waals surface area contributed by atoms with Crippen molar-refractivity contribution in [3.8, 4) is 6.07 Å². The number of carbonyl (C=O) groups is 1. The van der Waals surface area contributed by atoms with Gasteiger partial charge in [-0.05, 0) is 13.8 Å². The zero-order valence-electron chi connectivity index (χ0n) is 5.26. The van der Waals surface area contributed by atoms with Crippen LogP contribution in [0.15, 0.2) is 0 Å². The van der Waals surface area contributed by atoms with E-state index in [0.717, 1.165) is 0 Å². The molecule has 0 saturated heterocycles. The first-order chi connectivity index (χ1) is 3.15. The molecule has 0 radical (unpaired) electrons. The molecule has 0 aliphatic carbocycles. The molecule has 0 aromatic carbocycles. The summed E-state index contributed by atoms with van der Waals surface area (Å²) in [6.45, 7) is 4.49. The molecule has 0 N–H and O–H groups in total.